The normalized spacial score (nSPS) is 18.8. The predicted octanol–water partition coefficient (Wildman–Crippen LogP) is 1.65. The molecule has 0 aromatic heterocycles. The van der Waals surface area contributed by atoms with Crippen LogP contribution in [0.3, 0.4) is 0 Å². The van der Waals surface area contributed by atoms with Crippen LogP contribution in [0, 0.1) is 5.92 Å². The summed E-state index contributed by atoms with van der Waals surface area (Å²) in [6.07, 6.45) is 1.33. The number of nitrogens with zero attached hydrogens (tertiary/aromatic N) is 1. The maximum Gasteiger partial charge on any atom is 0.228 e. The van der Waals surface area contributed by atoms with Crippen molar-refractivity contribution in [3.05, 3.63) is 24.3 Å². The van der Waals surface area contributed by atoms with Crippen LogP contribution in [0.5, 0.6) is 0 Å². The zero-order chi connectivity index (χ0) is 17.7. The first-order chi connectivity index (χ1) is 11.3. The molecule has 0 spiro atoms. The average Bonchev–Trinajstić information content (AvgIpc) is 2.54. The standard InChI is InChI=1S/C16H23N3O4S/c1-3-24(22,23)19-9-5-6-13(11-19)16(21)18-15-8-4-7-14(10-15)17-12(2)20/h4,7-8,10,13H,3,5-6,9,11H2,1-2H3,(H,17,20)(H,18,21). The summed E-state index contributed by atoms with van der Waals surface area (Å²) in [6, 6.07) is 6.86. The lowest BCUT2D eigenvalue weighted by atomic mass is 9.98. The Morgan fingerprint density at radius 1 is 1.25 bits per heavy atom. The molecule has 2 N–H and O–H groups in total. The molecule has 1 unspecified atom stereocenters. The zero-order valence-corrected chi connectivity index (χ0v) is 14.7. The lowest BCUT2D eigenvalue weighted by molar-refractivity contribution is -0.121. The van der Waals surface area contributed by atoms with Gasteiger partial charge in [-0.3, -0.25) is 9.59 Å². The smallest absolute Gasteiger partial charge is 0.228 e. The van der Waals surface area contributed by atoms with Gasteiger partial charge in [-0.1, -0.05) is 6.07 Å². The molecule has 7 nitrogen and oxygen atoms in total. The number of carbonyl (C=O) groups is 2. The monoisotopic (exact) mass is 353 g/mol. The summed E-state index contributed by atoms with van der Waals surface area (Å²) < 4.78 is 25.4. The van der Waals surface area contributed by atoms with E-state index in [0.29, 0.717) is 30.8 Å². The highest BCUT2D eigenvalue weighted by Gasteiger charge is 2.31. The highest BCUT2D eigenvalue weighted by atomic mass is 32.2. The number of hydrogen-bond acceptors (Lipinski definition) is 4. The highest BCUT2D eigenvalue weighted by Crippen LogP contribution is 2.22. The first-order valence-electron chi connectivity index (χ1n) is 7.98. The Morgan fingerprint density at radius 2 is 1.92 bits per heavy atom. The molecule has 1 aromatic carbocycles. The van der Waals surface area contributed by atoms with E-state index in [1.54, 1.807) is 31.2 Å². The fourth-order valence-electron chi connectivity index (χ4n) is 2.71. The summed E-state index contributed by atoms with van der Waals surface area (Å²) in [5.41, 5.74) is 1.17. The summed E-state index contributed by atoms with van der Waals surface area (Å²) in [5.74, 6) is -0.721. The third-order valence-corrected chi connectivity index (χ3v) is 5.81. The van der Waals surface area contributed by atoms with E-state index >= 15 is 0 Å². The van der Waals surface area contributed by atoms with Gasteiger partial charge in [0.1, 0.15) is 0 Å². The van der Waals surface area contributed by atoms with Crippen molar-refractivity contribution in [1.82, 2.24) is 4.31 Å². The van der Waals surface area contributed by atoms with Crippen LogP contribution < -0.4 is 10.6 Å². The SMILES string of the molecule is CCS(=O)(=O)N1CCCC(C(=O)Nc2cccc(NC(C)=O)c2)C1. The largest absolute Gasteiger partial charge is 0.326 e. The number of benzene rings is 1. The van der Waals surface area contributed by atoms with Gasteiger partial charge in [-0.05, 0) is 38.0 Å². The molecule has 1 heterocycles. The minimum Gasteiger partial charge on any atom is -0.326 e. The van der Waals surface area contributed by atoms with Crippen LogP contribution in [0.4, 0.5) is 11.4 Å². The summed E-state index contributed by atoms with van der Waals surface area (Å²) in [7, 11) is -3.27. The Balaban J connectivity index is 2.03. The van der Waals surface area contributed by atoms with Gasteiger partial charge in [0.2, 0.25) is 21.8 Å². The topological polar surface area (TPSA) is 95.6 Å². The average molecular weight is 353 g/mol. The molecule has 0 saturated carbocycles. The quantitative estimate of drug-likeness (QED) is 0.841. The number of carbonyl (C=O) groups excluding carboxylic acids is 2. The van der Waals surface area contributed by atoms with E-state index in [4.69, 9.17) is 0 Å². The van der Waals surface area contributed by atoms with Gasteiger partial charge in [-0.2, -0.15) is 0 Å². The molecule has 2 rings (SSSR count). The zero-order valence-electron chi connectivity index (χ0n) is 13.9. The summed E-state index contributed by atoms with van der Waals surface area (Å²) in [4.78, 5) is 23.5. The molecule has 2 amide bonds. The summed E-state index contributed by atoms with van der Waals surface area (Å²) >= 11 is 0. The summed E-state index contributed by atoms with van der Waals surface area (Å²) in [6.45, 7) is 3.70. The van der Waals surface area contributed by atoms with Gasteiger partial charge in [0, 0.05) is 31.4 Å². The van der Waals surface area contributed by atoms with E-state index in [-0.39, 0.29) is 30.0 Å². The van der Waals surface area contributed by atoms with Crippen LogP contribution >= 0.6 is 0 Å². The van der Waals surface area contributed by atoms with Gasteiger partial charge in [0.15, 0.2) is 0 Å². The van der Waals surface area contributed by atoms with Gasteiger partial charge >= 0.3 is 0 Å². The molecule has 0 aliphatic carbocycles. The molecule has 0 bridgehead atoms. The lowest BCUT2D eigenvalue weighted by Gasteiger charge is -2.30. The van der Waals surface area contributed by atoms with Crippen molar-refractivity contribution in [3.63, 3.8) is 0 Å². The van der Waals surface area contributed by atoms with Crippen molar-refractivity contribution >= 4 is 33.2 Å². The highest BCUT2D eigenvalue weighted by molar-refractivity contribution is 7.89. The minimum atomic E-state index is -3.27. The number of nitrogens with one attached hydrogen (secondary N) is 2. The van der Waals surface area contributed by atoms with E-state index in [0.717, 1.165) is 0 Å². The fraction of sp³-hybridized carbons (Fsp3) is 0.500. The number of anilines is 2. The molecule has 1 aliphatic rings. The molecule has 8 heteroatoms. The van der Waals surface area contributed by atoms with Gasteiger partial charge < -0.3 is 10.6 Å². The Hall–Kier alpha value is -1.93. The molecular formula is C16H23N3O4S. The molecule has 24 heavy (non-hydrogen) atoms. The third-order valence-electron chi connectivity index (χ3n) is 3.96. The van der Waals surface area contributed by atoms with Crippen molar-refractivity contribution in [3.8, 4) is 0 Å². The first-order valence-corrected chi connectivity index (χ1v) is 9.59. The molecular weight excluding hydrogens is 330 g/mol. The number of piperidine rings is 1. The third kappa shape index (κ3) is 4.78. The molecule has 1 atom stereocenters. The second kappa shape index (κ2) is 7.76. The predicted molar refractivity (Wildman–Crippen MR) is 93.1 cm³/mol. The molecule has 0 radical (unpaired) electrons. The number of amides is 2. The van der Waals surface area contributed by atoms with Crippen molar-refractivity contribution in [2.24, 2.45) is 5.92 Å². The van der Waals surface area contributed by atoms with Crippen molar-refractivity contribution in [1.29, 1.82) is 0 Å². The molecule has 1 aliphatic heterocycles. The number of sulfonamides is 1. The van der Waals surface area contributed by atoms with Crippen LogP contribution in [0.25, 0.3) is 0 Å². The maximum atomic E-state index is 12.4. The molecule has 1 saturated heterocycles. The maximum absolute atomic E-state index is 12.4. The van der Waals surface area contributed by atoms with Gasteiger partial charge in [-0.15, -0.1) is 0 Å². The second-order valence-electron chi connectivity index (χ2n) is 5.85. The fourth-order valence-corrected chi connectivity index (χ4v) is 3.89. The van der Waals surface area contributed by atoms with Gasteiger partial charge in [0.25, 0.3) is 0 Å². The number of hydrogen-bond donors (Lipinski definition) is 2. The van der Waals surface area contributed by atoms with Crippen molar-refractivity contribution in [2.45, 2.75) is 26.7 Å². The minimum absolute atomic E-state index is 0.0418. The van der Waals surface area contributed by atoms with Crippen LogP contribution in [-0.2, 0) is 19.6 Å². The first kappa shape index (κ1) is 18.4. The van der Waals surface area contributed by atoms with E-state index in [2.05, 4.69) is 10.6 Å². The van der Waals surface area contributed by atoms with Gasteiger partial charge in [-0.25, -0.2) is 12.7 Å². The van der Waals surface area contributed by atoms with Crippen molar-refractivity contribution < 1.29 is 18.0 Å². The Bertz CT molecular complexity index is 718. The molecule has 132 valence electrons. The molecule has 1 aromatic rings. The number of rotatable bonds is 5. The van der Waals surface area contributed by atoms with E-state index in [9.17, 15) is 18.0 Å². The van der Waals surface area contributed by atoms with Crippen LogP contribution in [0.1, 0.15) is 26.7 Å². The van der Waals surface area contributed by atoms with Gasteiger partial charge in [0.05, 0.1) is 11.7 Å². The van der Waals surface area contributed by atoms with Crippen molar-refractivity contribution in [2.75, 3.05) is 29.5 Å². The van der Waals surface area contributed by atoms with E-state index in [1.165, 1.54) is 11.2 Å². The second-order valence-corrected chi connectivity index (χ2v) is 8.11. The van der Waals surface area contributed by atoms with Crippen LogP contribution in [0.15, 0.2) is 24.3 Å². The lowest BCUT2D eigenvalue weighted by Crippen LogP contribution is -2.44. The van der Waals surface area contributed by atoms with Crippen LogP contribution in [-0.4, -0.2) is 43.4 Å². The summed E-state index contributed by atoms with van der Waals surface area (Å²) in [5, 5.41) is 5.46. The molecule has 1 fully saturated rings. The Kier molecular flexibility index (Phi) is 5.95. The Labute approximate surface area is 142 Å². The Morgan fingerprint density at radius 3 is 2.54 bits per heavy atom. The van der Waals surface area contributed by atoms with Crippen LogP contribution in [0.2, 0.25) is 0 Å². The van der Waals surface area contributed by atoms with E-state index in [1.807, 2.05) is 0 Å². The van der Waals surface area contributed by atoms with E-state index < -0.39 is 10.0 Å².